The molecule has 0 radical (unpaired) electrons. The van der Waals surface area contributed by atoms with Crippen molar-refractivity contribution in [3.63, 3.8) is 0 Å². The van der Waals surface area contributed by atoms with Crippen LogP contribution in [0, 0.1) is 0 Å². The van der Waals surface area contributed by atoms with Gasteiger partial charge in [0.1, 0.15) is 0 Å². The van der Waals surface area contributed by atoms with Gasteiger partial charge < -0.3 is 35.5 Å². The number of piperazine rings is 1. The molecular weight excluding hydrogens is 596 g/mol. The van der Waals surface area contributed by atoms with Crippen molar-refractivity contribution >= 4 is 41.6 Å². The van der Waals surface area contributed by atoms with E-state index in [-0.39, 0.29) is 6.61 Å². The number of aliphatic hydroxyl groups is 1. The van der Waals surface area contributed by atoms with E-state index in [1.54, 1.807) is 0 Å². The second kappa shape index (κ2) is 19.6. The summed E-state index contributed by atoms with van der Waals surface area (Å²) in [5.74, 6) is -5.86. The molecule has 0 aromatic heterocycles. The van der Waals surface area contributed by atoms with E-state index >= 15 is 0 Å². The molecule has 1 unspecified atom stereocenters. The third-order valence-electron chi connectivity index (χ3n) is 5.94. The highest BCUT2D eigenvalue weighted by molar-refractivity contribution is 7.99. The summed E-state index contributed by atoms with van der Waals surface area (Å²) in [5, 5.41) is 48.3. The summed E-state index contributed by atoms with van der Waals surface area (Å²) in [5.41, 5.74) is 3.83. The molecule has 1 saturated heterocycles. The minimum atomic E-state index is -1.26. The Morgan fingerprint density at radius 3 is 1.70 bits per heavy atom. The van der Waals surface area contributed by atoms with Crippen LogP contribution >= 0.6 is 11.8 Å². The van der Waals surface area contributed by atoms with Gasteiger partial charge >= 0.3 is 23.9 Å². The van der Waals surface area contributed by atoms with Gasteiger partial charge in [-0.05, 0) is 42.3 Å². The lowest BCUT2D eigenvalue weighted by Crippen LogP contribution is -2.46. The quantitative estimate of drug-likeness (QED) is 0.253. The molecule has 2 aromatic carbocycles. The Kier molecular flexibility index (Phi) is 16.8. The summed E-state index contributed by atoms with van der Waals surface area (Å²) in [7, 11) is 2.20. The third kappa shape index (κ3) is 15.1. The zero-order chi connectivity index (χ0) is 33.2. The number of aliphatic hydroxyl groups excluding tert-OH is 1. The van der Waals surface area contributed by atoms with E-state index in [9.17, 15) is 24.3 Å². The van der Waals surface area contributed by atoms with E-state index < -0.39 is 29.8 Å². The molecule has 238 valence electrons. The summed E-state index contributed by atoms with van der Waals surface area (Å²) in [6.45, 7) is 5.66. The second-order valence-corrected chi connectivity index (χ2v) is 10.4. The van der Waals surface area contributed by atoms with Gasteiger partial charge in [-0.2, -0.15) is 0 Å². The molecule has 0 aliphatic carbocycles. The lowest BCUT2D eigenvalue weighted by Gasteiger charge is -2.38. The van der Waals surface area contributed by atoms with Crippen LogP contribution in [0.15, 0.2) is 76.6 Å². The van der Waals surface area contributed by atoms with E-state index in [1.807, 2.05) is 11.8 Å². The number of hydrogen-bond donors (Lipinski definition) is 6. The van der Waals surface area contributed by atoms with Crippen molar-refractivity contribution < 1.29 is 54.6 Å². The van der Waals surface area contributed by atoms with Crippen molar-refractivity contribution in [1.29, 1.82) is 0 Å². The van der Waals surface area contributed by atoms with E-state index in [4.69, 9.17) is 30.3 Å². The molecule has 0 saturated carbocycles. The van der Waals surface area contributed by atoms with Crippen LogP contribution in [-0.2, 0) is 37.0 Å². The fourth-order valence-electron chi connectivity index (χ4n) is 4.00. The Bertz CT molecular complexity index is 1280. The minimum absolute atomic E-state index is 0.111. The molecule has 2 aliphatic rings. The second-order valence-electron chi connectivity index (χ2n) is 9.34. The summed E-state index contributed by atoms with van der Waals surface area (Å²) < 4.78 is 0. The van der Waals surface area contributed by atoms with Gasteiger partial charge in [0, 0.05) is 73.2 Å². The predicted octanol–water partition coefficient (Wildman–Crippen LogP) is 2.69. The maximum absolute atomic E-state index is 9.59. The Balaban J connectivity index is 0.000000399. The fraction of sp³-hybridized carbons (Fsp3) is 0.300. The molecular formula is C30H36N2O11S. The standard InChI is InChI=1S/C20H24N2OS.2C4H4O4.C2H4O2/c1-21-8-10-22(11-9-21)18-13-16-4-2-3-5-19(16)24-20-7-6-15(14-23)12-17(18)20;2*5-3(6)1-2-4(7)8;1-2(3)4/h2-7,12,18,23H,8-11,13-14H2,1H3;2*1-2H,(H,5,6)(H,7,8);1H3,(H,3,4)/b;2*2-1-;. The topological polar surface area (TPSA) is 213 Å². The molecule has 2 aromatic rings. The molecule has 2 heterocycles. The zero-order valence-corrected chi connectivity index (χ0v) is 25.0. The van der Waals surface area contributed by atoms with Gasteiger partial charge in [-0.3, -0.25) is 9.69 Å². The number of likely N-dealkylation sites (N-methyl/N-ethyl adjacent to an activating group) is 1. The van der Waals surface area contributed by atoms with Crippen molar-refractivity contribution in [2.45, 2.75) is 35.8 Å². The number of nitrogens with zero attached hydrogens (tertiary/aromatic N) is 2. The smallest absolute Gasteiger partial charge is 0.328 e. The molecule has 44 heavy (non-hydrogen) atoms. The lowest BCUT2D eigenvalue weighted by molar-refractivity contribution is -0.134. The first kappa shape index (κ1) is 37.5. The average Bonchev–Trinajstić information content (AvgIpc) is 3.12. The zero-order valence-electron chi connectivity index (χ0n) is 24.2. The normalized spacial score (nSPS) is 15.9. The highest BCUT2D eigenvalue weighted by Crippen LogP contribution is 2.43. The number of carboxylic acid groups (broad SMARTS) is 5. The summed E-state index contributed by atoms with van der Waals surface area (Å²) in [4.78, 5) is 54.9. The summed E-state index contributed by atoms with van der Waals surface area (Å²) >= 11 is 1.87. The van der Waals surface area contributed by atoms with Crippen molar-refractivity contribution in [2.24, 2.45) is 0 Å². The maximum Gasteiger partial charge on any atom is 0.328 e. The maximum atomic E-state index is 9.59. The first-order valence-corrected chi connectivity index (χ1v) is 13.9. The van der Waals surface area contributed by atoms with E-state index in [2.05, 4.69) is 59.3 Å². The Morgan fingerprint density at radius 1 is 0.773 bits per heavy atom. The SMILES string of the molecule is CC(=O)O.CN1CCN(C2Cc3ccccc3Sc3ccc(CO)cc32)CC1.O=C(O)/C=C\C(=O)O.O=C(O)/C=C\C(=O)O. The highest BCUT2D eigenvalue weighted by Gasteiger charge is 2.29. The molecule has 0 amide bonds. The van der Waals surface area contributed by atoms with Gasteiger partial charge in [0.25, 0.3) is 5.97 Å². The van der Waals surface area contributed by atoms with E-state index in [0.717, 1.165) is 45.1 Å². The summed E-state index contributed by atoms with van der Waals surface area (Å²) in [6, 6.07) is 15.6. The first-order chi connectivity index (χ1) is 20.7. The molecule has 14 heteroatoms. The Labute approximate surface area is 258 Å². The van der Waals surface area contributed by atoms with Gasteiger partial charge in [0.2, 0.25) is 0 Å². The molecule has 4 rings (SSSR count). The van der Waals surface area contributed by atoms with Crippen LogP contribution in [0.5, 0.6) is 0 Å². The number of fused-ring (bicyclic) bond motifs is 2. The van der Waals surface area contributed by atoms with Gasteiger partial charge in [-0.25, -0.2) is 19.2 Å². The predicted molar refractivity (Wildman–Crippen MR) is 161 cm³/mol. The first-order valence-electron chi connectivity index (χ1n) is 13.1. The molecule has 13 nitrogen and oxygen atoms in total. The van der Waals surface area contributed by atoms with Crippen molar-refractivity contribution in [1.82, 2.24) is 9.80 Å². The monoisotopic (exact) mass is 632 g/mol. The van der Waals surface area contributed by atoms with E-state index in [1.165, 1.54) is 20.9 Å². The summed E-state index contributed by atoms with van der Waals surface area (Å²) in [6.07, 6.45) is 3.28. The molecule has 6 N–H and O–H groups in total. The Morgan fingerprint density at radius 2 is 1.25 bits per heavy atom. The van der Waals surface area contributed by atoms with Crippen LogP contribution < -0.4 is 0 Å². The van der Waals surface area contributed by atoms with Crippen LogP contribution in [0.3, 0.4) is 0 Å². The third-order valence-corrected chi connectivity index (χ3v) is 7.15. The molecule has 2 aliphatic heterocycles. The molecule has 1 fully saturated rings. The number of hydrogen-bond acceptors (Lipinski definition) is 9. The molecule has 1 atom stereocenters. The van der Waals surface area contributed by atoms with Gasteiger partial charge in [-0.1, -0.05) is 42.1 Å². The van der Waals surface area contributed by atoms with Gasteiger partial charge in [-0.15, -0.1) is 0 Å². The van der Waals surface area contributed by atoms with Crippen LogP contribution in [0.25, 0.3) is 0 Å². The average molecular weight is 633 g/mol. The molecule has 0 spiro atoms. The minimum Gasteiger partial charge on any atom is -0.481 e. The number of carbonyl (C=O) groups is 5. The van der Waals surface area contributed by atoms with Crippen LogP contribution in [0.4, 0.5) is 0 Å². The van der Waals surface area contributed by atoms with Crippen LogP contribution in [0.1, 0.15) is 29.7 Å². The number of aliphatic carboxylic acids is 5. The highest BCUT2D eigenvalue weighted by atomic mass is 32.2. The number of benzene rings is 2. The fourth-order valence-corrected chi connectivity index (χ4v) is 5.12. The van der Waals surface area contributed by atoms with Crippen molar-refractivity contribution in [2.75, 3.05) is 33.2 Å². The van der Waals surface area contributed by atoms with Gasteiger partial charge in [0.05, 0.1) is 6.61 Å². The van der Waals surface area contributed by atoms with Gasteiger partial charge in [0.15, 0.2) is 0 Å². The number of rotatable bonds is 6. The largest absolute Gasteiger partial charge is 0.481 e. The van der Waals surface area contributed by atoms with Crippen LogP contribution in [-0.4, -0.2) is 104 Å². The number of carboxylic acids is 5. The van der Waals surface area contributed by atoms with E-state index in [0.29, 0.717) is 30.3 Å². The Hall–Kier alpha value is -4.50. The lowest BCUT2D eigenvalue weighted by atomic mass is 9.95. The van der Waals surface area contributed by atoms with Crippen molar-refractivity contribution in [3.05, 3.63) is 83.5 Å². The van der Waals surface area contributed by atoms with Crippen LogP contribution in [0.2, 0.25) is 0 Å². The van der Waals surface area contributed by atoms with Crippen molar-refractivity contribution in [3.8, 4) is 0 Å². The molecule has 0 bridgehead atoms.